The molecule has 0 aliphatic heterocycles. The second-order valence-corrected chi connectivity index (χ2v) is 6.29. The number of rotatable bonds is 8. The van der Waals surface area contributed by atoms with Crippen LogP contribution in [-0.4, -0.2) is 35.7 Å². The zero-order chi connectivity index (χ0) is 17.5. The molecule has 0 unspecified atom stereocenters. The molecule has 24 heavy (non-hydrogen) atoms. The zero-order valence-electron chi connectivity index (χ0n) is 13.4. The van der Waals surface area contributed by atoms with Gasteiger partial charge in [-0.3, -0.25) is 14.2 Å². The van der Waals surface area contributed by atoms with Gasteiger partial charge >= 0.3 is 5.69 Å². The van der Waals surface area contributed by atoms with Crippen LogP contribution in [0.25, 0.3) is 10.9 Å². The molecule has 2 N–H and O–H groups in total. The molecule has 0 fully saturated rings. The second kappa shape index (κ2) is 8.79. The van der Waals surface area contributed by atoms with Crippen LogP contribution in [0.15, 0.2) is 32.3 Å². The Bertz CT molecular complexity index is 828. The number of hydrogen-bond donors (Lipinski definition) is 2. The maximum absolute atomic E-state index is 12.4. The number of nitrogens with zero attached hydrogens (tertiary/aromatic N) is 1. The molecular weight excluding hydrogens is 378 g/mol. The van der Waals surface area contributed by atoms with E-state index in [1.807, 2.05) is 0 Å². The van der Waals surface area contributed by atoms with Crippen molar-refractivity contribution in [3.63, 3.8) is 0 Å². The molecule has 0 atom stereocenters. The molecule has 130 valence electrons. The van der Waals surface area contributed by atoms with Crippen LogP contribution in [0.1, 0.15) is 19.3 Å². The molecule has 0 aliphatic rings. The number of hydrogen-bond acceptors (Lipinski definition) is 4. The van der Waals surface area contributed by atoms with E-state index in [9.17, 15) is 14.4 Å². The monoisotopic (exact) mass is 397 g/mol. The number of nitrogens with one attached hydrogen (secondary N) is 2. The van der Waals surface area contributed by atoms with Crippen LogP contribution < -0.4 is 16.6 Å². The third kappa shape index (κ3) is 4.78. The van der Waals surface area contributed by atoms with Gasteiger partial charge in [0.2, 0.25) is 5.91 Å². The van der Waals surface area contributed by atoms with Gasteiger partial charge in [0.05, 0.1) is 10.9 Å². The van der Waals surface area contributed by atoms with Crippen molar-refractivity contribution < 1.29 is 9.53 Å². The highest BCUT2D eigenvalue weighted by Gasteiger charge is 2.09. The number of aromatic amines is 1. The van der Waals surface area contributed by atoms with Gasteiger partial charge in [-0.1, -0.05) is 15.9 Å². The number of methoxy groups -OCH3 is 1. The summed E-state index contributed by atoms with van der Waals surface area (Å²) in [6.07, 6.45) is 1.43. The number of carbonyl (C=O) groups is 1. The van der Waals surface area contributed by atoms with Crippen molar-refractivity contribution in [2.24, 2.45) is 0 Å². The Hall–Kier alpha value is -1.93. The van der Waals surface area contributed by atoms with Crippen molar-refractivity contribution >= 4 is 32.7 Å². The lowest BCUT2D eigenvalue weighted by atomic mass is 10.2. The van der Waals surface area contributed by atoms with E-state index in [0.717, 1.165) is 15.5 Å². The van der Waals surface area contributed by atoms with E-state index >= 15 is 0 Å². The van der Waals surface area contributed by atoms with E-state index in [2.05, 4.69) is 26.2 Å². The molecule has 0 saturated heterocycles. The first-order valence-electron chi connectivity index (χ1n) is 7.71. The van der Waals surface area contributed by atoms with E-state index in [-0.39, 0.29) is 24.4 Å². The van der Waals surface area contributed by atoms with E-state index in [1.165, 1.54) is 0 Å². The van der Waals surface area contributed by atoms with Crippen LogP contribution >= 0.6 is 15.9 Å². The van der Waals surface area contributed by atoms with Gasteiger partial charge < -0.3 is 15.0 Å². The molecule has 0 bridgehead atoms. The first-order chi connectivity index (χ1) is 11.5. The Balaban J connectivity index is 1.99. The summed E-state index contributed by atoms with van der Waals surface area (Å²) in [4.78, 5) is 38.8. The zero-order valence-corrected chi connectivity index (χ0v) is 15.0. The summed E-state index contributed by atoms with van der Waals surface area (Å²) in [6.45, 7) is 1.34. The highest BCUT2D eigenvalue weighted by molar-refractivity contribution is 9.10. The van der Waals surface area contributed by atoms with Gasteiger partial charge in [0, 0.05) is 37.7 Å². The molecule has 1 heterocycles. The lowest BCUT2D eigenvalue weighted by molar-refractivity contribution is -0.121. The molecule has 2 rings (SSSR count). The van der Waals surface area contributed by atoms with Crippen molar-refractivity contribution in [2.75, 3.05) is 20.3 Å². The van der Waals surface area contributed by atoms with Gasteiger partial charge in [0.15, 0.2) is 0 Å². The minimum atomic E-state index is -0.463. The first-order valence-corrected chi connectivity index (χ1v) is 8.50. The lowest BCUT2D eigenvalue weighted by Crippen LogP contribution is -2.35. The molecule has 1 amide bonds. The van der Waals surface area contributed by atoms with Gasteiger partial charge in [0.25, 0.3) is 5.56 Å². The number of halogens is 1. The Morgan fingerprint density at radius 2 is 2.12 bits per heavy atom. The van der Waals surface area contributed by atoms with Crippen molar-refractivity contribution in [3.8, 4) is 0 Å². The van der Waals surface area contributed by atoms with E-state index in [4.69, 9.17) is 4.74 Å². The number of H-pyrrole nitrogens is 1. The third-order valence-corrected chi connectivity index (χ3v) is 4.07. The Morgan fingerprint density at radius 3 is 2.88 bits per heavy atom. The molecular formula is C16H20BrN3O4. The quantitative estimate of drug-likeness (QED) is 0.658. The molecule has 0 spiro atoms. The van der Waals surface area contributed by atoms with Crippen molar-refractivity contribution in [1.29, 1.82) is 0 Å². The molecule has 0 radical (unpaired) electrons. The van der Waals surface area contributed by atoms with Crippen LogP contribution in [-0.2, 0) is 16.1 Å². The maximum atomic E-state index is 12.4. The van der Waals surface area contributed by atoms with Crippen LogP contribution in [0.5, 0.6) is 0 Å². The minimum absolute atomic E-state index is 0.0980. The average Bonchev–Trinajstić information content (AvgIpc) is 2.55. The summed E-state index contributed by atoms with van der Waals surface area (Å²) in [6, 6.07) is 5.11. The summed E-state index contributed by atoms with van der Waals surface area (Å²) >= 11 is 3.31. The normalized spacial score (nSPS) is 10.9. The fourth-order valence-corrected chi connectivity index (χ4v) is 2.72. The average molecular weight is 398 g/mol. The Labute approximate surface area is 147 Å². The molecule has 2 aromatic rings. The summed E-state index contributed by atoms with van der Waals surface area (Å²) < 4.78 is 6.80. The van der Waals surface area contributed by atoms with Gasteiger partial charge in [-0.05, 0) is 31.0 Å². The van der Waals surface area contributed by atoms with Crippen LogP contribution in [0, 0.1) is 0 Å². The smallest absolute Gasteiger partial charge is 0.328 e. The number of ether oxygens (including phenoxy) is 1. The van der Waals surface area contributed by atoms with Crippen molar-refractivity contribution in [1.82, 2.24) is 14.9 Å². The second-order valence-electron chi connectivity index (χ2n) is 5.38. The molecule has 0 aliphatic carbocycles. The SMILES string of the molecule is COCCCNC(=O)CCCn1c(=O)[nH]c2ccc(Br)cc2c1=O. The van der Waals surface area contributed by atoms with Gasteiger partial charge in [-0.25, -0.2) is 4.79 Å². The van der Waals surface area contributed by atoms with Gasteiger partial charge in [-0.2, -0.15) is 0 Å². The van der Waals surface area contributed by atoms with E-state index < -0.39 is 5.69 Å². The maximum Gasteiger partial charge on any atom is 0.328 e. The predicted octanol–water partition coefficient (Wildman–Crippen LogP) is 1.39. The highest BCUT2D eigenvalue weighted by atomic mass is 79.9. The van der Waals surface area contributed by atoms with Crippen LogP contribution in [0.2, 0.25) is 0 Å². The lowest BCUT2D eigenvalue weighted by Gasteiger charge is -2.07. The Morgan fingerprint density at radius 1 is 1.33 bits per heavy atom. The molecule has 0 saturated carbocycles. The van der Waals surface area contributed by atoms with Crippen LogP contribution in [0.4, 0.5) is 0 Å². The fourth-order valence-electron chi connectivity index (χ4n) is 2.36. The van der Waals surface area contributed by atoms with E-state index in [1.54, 1.807) is 25.3 Å². The summed E-state index contributed by atoms with van der Waals surface area (Å²) in [7, 11) is 1.61. The summed E-state index contributed by atoms with van der Waals surface area (Å²) in [5, 5.41) is 3.21. The molecule has 8 heteroatoms. The topological polar surface area (TPSA) is 93.2 Å². The number of aromatic nitrogens is 2. The number of amides is 1. The van der Waals surface area contributed by atoms with Crippen molar-refractivity contribution in [3.05, 3.63) is 43.5 Å². The van der Waals surface area contributed by atoms with E-state index in [0.29, 0.717) is 30.5 Å². The third-order valence-electron chi connectivity index (χ3n) is 3.58. The van der Waals surface area contributed by atoms with Crippen molar-refractivity contribution in [2.45, 2.75) is 25.8 Å². The fraction of sp³-hybridized carbons (Fsp3) is 0.438. The molecule has 7 nitrogen and oxygen atoms in total. The summed E-state index contributed by atoms with van der Waals surface area (Å²) in [5.41, 5.74) is -0.314. The largest absolute Gasteiger partial charge is 0.385 e. The van der Waals surface area contributed by atoms with Gasteiger partial charge in [-0.15, -0.1) is 0 Å². The van der Waals surface area contributed by atoms with Crippen LogP contribution in [0.3, 0.4) is 0 Å². The van der Waals surface area contributed by atoms with Gasteiger partial charge in [0.1, 0.15) is 0 Å². The first kappa shape index (κ1) is 18.4. The number of carbonyl (C=O) groups excluding carboxylic acids is 1. The molecule has 1 aromatic carbocycles. The molecule has 1 aromatic heterocycles. The Kier molecular flexibility index (Phi) is 6.74. The number of fused-ring (bicyclic) bond motifs is 1. The summed E-state index contributed by atoms with van der Waals surface area (Å²) in [5.74, 6) is -0.0980. The highest BCUT2D eigenvalue weighted by Crippen LogP contribution is 2.14. The number of benzene rings is 1. The standard InChI is InChI=1S/C16H20BrN3O4/c1-24-9-3-7-18-14(21)4-2-8-20-15(22)12-10-11(17)5-6-13(12)19-16(20)23/h5-6,10H,2-4,7-9H2,1H3,(H,18,21)(H,19,23). The predicted molar refractivity (Wildman–Crippen MR) is 95.3 cm³/mol. The minimum Gasteiger partial charge on any atom is -0.385 e.